The van der Waals surface area contributed by atoms with E-state index < -0.39 is 5.60 Å². The molecule has 298 valence electrons. The van der Waals surface area contributed by atoms with E-state index >= 15 is 0 Å². The molecule has 4 atom stereocenters. The van der Waals surface area contributed by atoms with Crippen molar-refractivity contribution in [1.29, 1.82) is 0 Å². The first-order valence-electron chi connectivity index (χ1n) is 18.6. The number of ether oxygens (including phenoxy) is 1. The number of aryl methyl sites for hydroxylation is 1. The number of pyridine rings is 2. The van der Waals surface area contributed by atoms with Crippen LogP contribution >= 0.6 is 11.6 Å². The maximum Gasteiger partial charge on any atom is 0.407 e. The van der Waals surface area contributed by atoms with Gasteiger partial charge in [0.25, 0.3) is 0 Å². The minimum absolute atomic E-state index is 0. The van der Waals surface area contributed by atoms with Crippen LogP contribution in [0.3, 0.4) is 0 Å². The third-order valence-corrected chi connectivity index (χ3v) is 9.52. The fourth-order valence-electron chi connectivity index (χ4n) is 7.43. The van der Waals surface area contributed by atoms with Crippen LogP contribution in [0.4, 0.5) is 9.18 Å². The maximum atomic E-state index is 14.5. The molecule has 0 bridgehead atoms. The normalized spacial score (nSPS) is 20.6. The van der Waals surface area contributed by atoms with Gasteiger partial charge in [-0.1, -0.05) is 40.3 Å². The summed E-state index contributed by atoms with van der Waals surface area (Å²) in [7, 11) is 0. The van der Waals surface area contributed by atoms with Crippen molar-refractivity contribution in [3.63, 3.8) is 0 Å². The van der Waals surface area contributed by atoms with Crippen molar-refractivity contribution in [3.05, 3.63) is 65.3 Å². The van der Waals surface area contributed by atoms with Gasteiger partial charge in [-0.25, -0.2) is 19.2 Å². The van der Waals surface area contributed by atoms with E-state index in [4.69, 9.17) is 21.3 Å². The van der Waals surface area contributed by atoms with Crippen LogP contribution in [-0.2, 0) is 11.2 Å². The second-order valence-electron chi connectivity index (χ2n) is 15.8. The van der Waals surface area contributed by atoms with Crippen LogP contribution in [0.5, 0.6) is 0 Å². The van der Waals surface area contributed by atoms with Crippen molar-refractivity contribution in [3.8, 4) is 22.6 Å². The van der Waals surface area contributed by atoms with Crippen molar-refractivity contribution in [2.45, 2.75) is 100 Å². The van der Waals surface area contributed by atoms with E-state index in [9.17, 15) is 9.18 Å². The van der Waals surface area contributed by atoms with Gasteiger partial charge in [-0.05, 0) is 114 Å². The number of benzene rings is 1. The number of piperidine rings is 1. The number of halogens is 2. The molecular formula is C42H64ClFN8O2. The van der Waals surface area contributed by atoms with Crippen LogP contribution in [-0.4, -0.2) is 99.3 Å². The van der Waals surface area contributed by atoms with Gasteiger partial charge in [-0.2, -0.15) is 0 Å². The minimum atomic E-state index is -0.418. The largest absolute Gasteiger partial charge is 0.444 e. The molecule has 4 aromatic rings. The lowest BCUT2D eigenvalue weighted by Gasteiger charge is -2.36. The minimum Gasteiger partial charge on any atom is -0.444 e. The fourth-order valence-corrected chi connectivity index (χ4v) is 7.60. The van der Waals surface area contributed by atoms with Gasteiger partial charge >= 0.3 is 6.09 Å². The molecule has 0 aliphatic carbocycles. The molecule has 2 saturated heterocycles. The third-order valence-electron chi connectivity index (χ3n) is 9.29. The molecule has 2 aliphatic rings. The van der Waals surface area contributed by atoms with Crippen molar-refractivity contribution >= 4 is 28.7 Å². The number of carbonyl (C=O) groups excluding carboxylic acids is 1. The summed E-state index contributed by atoms with van der Waals surface area (Å²) in [4.78, 5) is 33.3. The van der Waals surface area contributed by atoms with Gasteiger partial charge in [0, 0.05) is 68.1 Å². The molecule has 10 nitrogen and oxygen atoms in total. The number of likely N-dealkylation sites (tertiary alicyclic amines) is 1. The number of hydrogen-bond acceptors (Lipinski definition) is 8. The molecule has 3 aromatic heterocycles. The Kier molecular flexibility index (Phi) is 16.8. The van der Waals surface area contributed by atoms with Gasteiger partial charge in [-0.15, -0.1) is 0 Å². The molecule has 12 heteroatoms. The molecule has 0 radical (unpaired) electrons. The predicted octanol–water partition coefficient (Wildman–Crippen LogP) is 8.86. The first kappa shape index (κ1) is 44.8. The van der Waals surface area contributed by atoms with Gasteiger partial charge in [0.05, 0.1) is 28.7 Å². The number of nitrogens with one attached hydrogen (secondary N) is 3. The van der Waals surface area contributed by atoms with Crippen LogP contribution in [0.1, 0.15) is 81.7 Å². The highest BCUT2D eigenvalue weighted by Crippen LogP contribution is 2.32. The van der Waals surface area contributed by atoms with Gasteiger partial charge in [0.15, 0.2) is 0 Å². The van der Waals surface area contributed by atoms with E-state index in [0.717, 1.165) is 75.0 Å². The number of H-pyrrole nitrogens is 1. The molecule has 54 heavy (non-hydrogen) atoms. The molecule has 6 rings (SSSR count). The van der Waals surface area contributed by atoms with Gasteiger partial charge in [0.2, 0.25) is 0 Å². The standard InChI is InChI=1S/C26H28ClFN6.C14H28N2O2.2CH4/c1-16-13-34(14-17(2)32-16)9-3-4-18-10-24-22(29-12-18)7-8-23(33-24)26-25(30-15-31-26)20-11-19(27)5-6-21(20)28;1-11-8-12(2)10-16(9-11)7-6-15-13(17)18-14(3,4)5;;/h5-8,10-12,15-17,32H,3-4,9,13-14H2,1-2H3,(H,30,31);11-12H,6-10H2,1-5H3,(H,15,17);2*1H4/t16-,17+;11-,12+;;. The summed E-state index contributed by atoms with van der Waals surface area (Å²) in [5.41, 5.74) is 4.54. The predicted molar refractivity (Wildman–Crippen MR) is 221 cm³/mol. The third kappa shape index (κ3) is 13.3. The Balaban J connectivity index is 0.000000336. The highest BCUT2D eigenvalue weighted by atomic mass is 35.5. The number of amides is 1. The summed E-state index contributed by atoms with van der Waals surface area (Å²) in [6.07, 6.45) is 6.51. The summed E-state index contributed by atoms with van der Waals surface area (Å²) in [5.74, 6) is 1.14. The van der Waals surface area contributed by atoms with Crippen LogP contribution in [0.25, 0.3) is 33.7 Å². The van der Waals surface area contributed by atoms with E-state index in [0.29, 0.717) is 46.3 Å². The van der Waals surface area contributed by atoms with Crippen LogP contribution in [0, 0.1) is 17.7 Å². The molecule has 3 N–H and O–H groups in total. The van der Waals surface area contributed by atoms with Gasteiger partial charge in [0.1, 0.15) is 17.1 Å². The average molecular weight is 767 g/mol. The first-order valence-corrected chi connectivity index (χ1v) is 19.0. The average Bonchev–Trinajstić information content (AvgIpc) is 3.54. The van der Waals surface area contributed by atoms with Crippen molar-refractivity contribution in [2.24, 2.45) is 11.8 Å². The molecule has 0 unspecified atom stereocenters. The first-order chi connectivity index (χ1) is 24.7. The Morgan fingerprint density at radius 1 is 0.944 bits per heavy atom. The molecular weight excluding hydrogens is 703 g/mol. The molecule has 2 aliphatic heterocycles. The smallest absolute Gasteiger partial charge is 0.407 e. The summed E-state index contributed by atoms with van der Waals surface area (Å²) < 4.78 is 19.7. The fraction of sp³-hybridized carbons (Fsp3) is 0.571. The Labute approximate surface area is 328 Å². The molecule has 1 aromatic carbocycles. The number of hydrogen-bond donors (Lipinski definition) is 3. The highest BCUT2D eigenvalue weighted by molar-refractivity contribution is 6.30. The van der Waals surface area contributed by atoms with Crippen molar-refractivity contribution in [2.75, 3.05) is 45.8 Å². The van der Waals surface area contributed by atoms with E-state index in [1.165, 1.54) is 24.1 Å². The summed E-state index contributed by atoms with van der Waals surface area (Å²) in [6, 6.07) is 11.4. The van der Waals surface area contributed by atoms with Crippen molar-refractivity contribution in [1.82, 2.24) is 40.4 Å². The van der Waals surface area contributed by atoms with Gasteiger partial charge in [-0.3, -0.25) is 4.98 Å². The summed E-state index contributed by atoms with van der Waals surface area (Å²) in [5, 5.41) is 6.85. The number of rotatable bonds is 9. The maximum absolute atomic E-state index is 14.5. The topological polar surface area (TPSA) is 111 Å². The molecule has 0 saturated carbocycles. The number of aromatic amines is 1. The van der Waals surface area contributed by atoms with E-state index in [1.807, 2.05) is 39.1 Å². The lowest BCUT2D eigenvalue weighted by molar-refractivity contribution is 0.0515. The lowest BCUT2D eigenvalue weighted by atomic mass is 9.92. The molecule has 5 heterocycles. The summed E-state index contributed by atoms with van der Waals surface area (Å²) in [6.45, 7) is 21.8. The van der Waals surface area contributed by atoms with Crippen molar-refractivity contribution < 1.29 is 13.9 Å². The Hall–Kier alpha value is -3.64. The number of carbonyl (C=O) groups is 1. The van der Waals surface area contributed by atoms with Crippen LogP contribution in [0.15, 0.2) is 48.9 Å². The quantitative estimate of drug-likeness (QED) is 0.155. The Morgan fingerprint density at radius 3 is 2.31 bits per heavy atom. The number of imidazole rings is 1. The van der Waals surface area contributed by atoms with Crippen LogP contribution in [0.2, 0.25) is 5.02 Å². The molecule has 0 spiro atoms. The molecule has 1 amide bonds. The number of fused-ring (bicyclic) bond motifs is 1. The van der Waals surface area contributed by atoms with E-state index in [-0.39, 0.29) is 26.8 Å². The monoisotopic (exact) mass is 766 g/mol. The Morgan fingerprint density at radius 2 is 1.63 bits per heavy atom. The second-order valence-corrected chi connectivity index (χ2v) is 16.2. The zero-order chi connectivity index (χ0) is 37.4. The van der Waals surface area contributed by atoms with Gasteiger partial charge < -0.3 is 30.2 Å². The Bertz CT molecular complexity index is 1760. The number of alkyl carbamates (subject to hydrolysis) is 1. The second kappa shape index (κ2) is 20.3. The number of nitrogens with zero attached hydrogens (tertiary/aromatic N) is 5. The number of aromatic nitrogens is 4. The lowest BCUT2D eigenvalue weighted by Crippen LogP contribution is -2.54. The molecule has 2 fully saturated rings. The highest BCUT2D eigenvalue weighted by Gasteiger charge is 2.23. The summed E-state index contributed by atoms with van der Waals surface area (Å²) >= 11 is 6.10. The van der Waals surface area contributed by atoms with E-state index in [2.05, 4.69) is 69.1 Å². The SMILES string of the molecule is C.C.C[C@@H]1CN(CCCc2cnc3ccc(-c4[nH]cnc4-c4cc(Cl)ccc4F)nc3c2)C[C@H](C)N1.C[C@@H]1C[C@H](C)CN(CCNC(=O)OC(C)(C)C)C1. The van der Waals surface area contributed by atoms with Crippen LogP contribution < -0.4 is 10.6 Å². The zero-order valence-electron chi connectivity index (χ0n) is 31.8. The van der Waals surface area contributed by atoms with E-state index in [1.54, 1.807) is 12.4 Å². The number of piperazine rings is 1. The zero-order valence-corrected chi connectivity index (χ0v) is 32.6.